The van der Waals surface area contributed by atoms with E-state index in [1.165, 1.54) is 0 Å². The molecule has 2 aromatic carbocycles. The van der Waals surface area contributed by atoms with Crippen LogP contribution < -0.4 is 5.32 Å². The Labute approximate surface area is 163 Å². The third-order valence-electron chi connectivity index (χ3n) is 3.97. The molecule has 1 aliphatic rings. The molecule has 1 saturated heterocycles. The molecule has 1 aliphatic heterocycles. The van der Waals surface area contributed by atoms with Crippen LogP contribution in [0.25, 0.3) is 0 Å². The molecule has 122 valence electrons. The Bertz CT molecular complexity index is 757. The van der Waals surface area contributed by atoms with Gasteiger partial charge in [-0.3, -0.25) is 9.69 Å². The van der Waals surface area contributed by atoms with Gasteiger partial charge in [0.05, 0.1) is 0 Å². The summed E-state index contributed by atoms with van der Waals surface area (Å²) in [5, 5.41) is 3.66. The molecule has 1 fully saturated rings. The first-order chi connectivity index (χ1) is 11.5. The summed E-state index contributed by atoms with van der Waals surface area (Å²) in [7, 11) is 0. The maximum Gasteiger partial charge on any atom is 0.264 e. The second-order valence-electron chi connectivity index (χ2n) is 5.40. The van der Waals surface area contributed by atoms with E-state index >= 15 is 0 Å². The zero-order valence-corrected chi connectivity index (χ0v) is 16.6. The van der Waals surface area contributed by atoms with Gasteiger partial charge in [0.15, 0.2) is 10.7 Å². The van der Waals surface area contributed by atoms with E-state index in [1.807, 2.05) is 48.5 Å². The summed E-state index contributed by atoms with van der Waals surface area (Å²) in [4.78, 5) is 14.9. The molecule has 0 unspecified atom stereocenters. The van der Waals surface area contributed by atoms with Crippen LogP contribution in [-0.4, -0.2) is 22.5 Å². The highest BCUT2D eigenvalue weighted by atomic mass is 79.9. The Hall–Kier alpha value is -1.50. The minimum absolute atomic E-state index is 0.1000. The Morgan fingerprint density at radius 2 is 1.50 bits per heavy atom. The summed E-state index contributed by atoms with van der Waals surface area (Å²) in [6, 6.07) is 15.4. The molecular weight excluding hydrogens is 452 g/mol. The fourth-order valence-electron chi connectivity index (χ4n) is 2.83. The maximum absolute atomic E-state index is 13.3. The van der Waals surface area contributed by atoms with E-state index in [-0.39, 0.29) is 5.91 Å². The number of benzene rings is 2. The summed E-state index contributed by atoms with van der Waals surface area (Å²) in [6.45, 7) is 4.09. The van der Waals surface area contributed by atoms with Gasteiger partial charge < -0.3 is 5.32 Å². The van der Waals surface area contributed by atoms with Crippen molar-refractivity contribution < 1.29 is 4.79 Å². The number of carbonyl (C=O) groups is 1. The van der Waals surface area contributed by atoms with Crippen LogP contribution in [0.3, 0.4) is 0 Å². The van der Waals surface area contributed by atoms with Crippen molar-refractivity contribution in [3.8, 4) is 0 Å². The molecule has 24 heavy (non-hydrogen) atoms. The van der Waals surface area contributed by atoms with Gasteiger partial charge in [-0.15, -0.1) is 6.58 Å². The zero-order valence-electron chi connectivity index (χ0n) is 12.6. The SMILES string of the molecule is C=CCN1C(=O)C(c2ccc(Br)cc2)(c2ccc(Br)cc2)NC1=S. The molecule has 1 heterocycles. The first-order valence-electron chi connectivity index (χ1n) is 7.26. The number of carbonyl (C=O) groups excluding carboxylic acids is 1. The van der Waals surface area contributed by atoms with Crippen LogP contribution in [0, 0.1) is 0 Å². The molecule has 0 atom stereocenters. The van der Waals surface area contributed by atoms with Gasteiger partial charge >= 0.3 is 0 Å². The molecule has 0 bridgehead atoms. The lowest BCUT2D eigenvalue weighted by Gasteiger charge is -2.28. The second kappa shape index (κ2) is 6.78. The summed E-state index contributed by atoms with van der Waals surface area (Å²) in [6.07, 6.45) is 1.67. The van der Waals surface area contributed by atoms with Crippen LogP contribution >= 0.6 is 44.1 Å². The highest BCUT2D eigenvalue weighted by molar-refractivity contribution is 9.10. The minimum atomic E-state index is -1.03. The lowest BCUT2D eigenvalue weighted by atomic mass is 9.82. The molecule has 0 aromatic heterocycles. The standard InChI is InChI=1S/C18H14Br2N2OS/c1-2-11-22-16(23)18(21-17(22)24,12-3-7-14(19)8-4-12)13-5-9-15(20)10-6-13/h2-10H,1,11H2,(H,21,24). The normalized spacial score (nSPS) is 16.2. The van der Waals surface area contributed by atoms with E-state index in [9.17, 15) is 4.79 Å². The molecule has 1 amide bonds. The lowest BCUT2D eigenvalue weighted by Crippen LogP contribution is -2.45. The van der Waals surface area contributed by atoms with Gasteiger partial charge in [-0.05, 0) is 47.6 Å². The number of hydrogen-bond donors (Lipinski definition) is 1. The third kappa shape index (κ3) is 2.83. The van der Waals surface area contributed by atoms with Gasteiger partial charge in [0.2, 0.25) is 0 Å². The van der Waals surface area contributed by atoms with Gasteiger partial charge in [-0.25, -0.2) is 0 Å². The van der Waals surface area contributed by atoms with Gasteiger partial charge in [0, 0.05) is 15.5 Å². The molecule has 0 spiro atoms. The van der Waals surface area contributed by atoms with Crippen LogP contribution in [0.4, 0.5) is 0 Å². The Morgan fingerprint density at radius 1 is 1.04 bits per heavy atom. The number of hydrogen-bond acceptors (Lipinski definition) is 2. The fourth-order valence-corrected chi connectivity index (χ4v) is 3.67. The first kappa shape index (κ1) is 17.3. The van der Waals surface area contributed by atoms with Crippen LogP contribution in [0.2, 0.25) is 0 Å². The number of nitrogens with one attached hydrogen (secondary N) is 1. The van der Waals surface area contributed by atoms with Crippen molar-refractivity contribution in [3.63, 3.8) is 0 Å². The minimum Gasteiger partial charge on any atom is -0.341 e. The molecular formula is C18H14Br2N2OS. The molecule has 0 radical (unpaired) electrons. The summed E-state index contributed by atoms with van der Waals surface area (Å²) in [5.74, 6) is -0.1000. The molecule has 3 nitrogen and oxygen atoms in total. The third-order valence-corrected chi connectivity index (χ3v) is 5.35. The van der Waals surface area contributed by atoms with Crippen molar-refractivity contribution in [1.29, 1.82) is 0 Å². The van der Waals surface area contributed by atoms with Crippen molar-refractivity contribution in [2.45, 2.75) is 5.54 Å². The van der Waals surface area contributed by atoms with E-state index in [4.69, 9.17) is 12.2 Å². The van der Waals surface area contributed by atoms with Crippen LogP contribution in [0.15, 0.2) is 70.1 Å². The highest BCUT2D eigenvalue weighted by Crippen LogP contribution is 2.37. The van der Waals surface area contributed by atoms with E-state index in [0.717, 1.165) is 20.1 Å². The predicted molar refractivity (Wildman–Crippen MR) is 107 cm³/mol. The van der Waals surface area contributed by atoms with Gasteiger partial charge in [-0.2, -0.15) is 0 Å². The predicted octanol–water partition coefficient (Wildman–Crippen LogP) is 4.36. The molecule has 0 aliphatic carbocycles. The number of nitrogens with zero attached hydrogens (tertiary/aromatic N) is 1. The van der Waals surface area contributed by atoms with Gasteiger partial charge in [-0.1, -0.05) is 62.2 Å². The van der Waals surface area contributed by atoms with Gasteiger partial charge in [0.25, 0.3) is 5.91 Å². The van der Waals surface area contributed by atoms with E-state index in [2.05, 4.69) is 43.8 Å². The fraction of sp³-hybridized carbons (Fsp3) is 0.111. The van der Waals surface area contributed by atoms with E-state index in [1.54, 1.807) is 11.0 Å². The average Bonchev–Trinajstić information content (AvgIpc) is 2.82. The molecule has 3 rings (SSSR count). The number of amides is 1. The molecule has 1 N–H and O–H groups in total. The average molecular weight is 466 g/mol. The summed E-state index contributed by atoms with van der Waals surface area (Å²) < 4.78 is 1.90. The summed E-state index contributed by atoms with van der Waals surface area (Å²) >= 11 is 12.3. The quantitative estimate of drug-likeness (QED) is 0.537. The Balaban J connectivity index is 2.20. The zero-order chi connectivity index (χ0) is 17.3. The molecule has 6 heteroatoms. The monoisotopic (exact) mass is 464 g/mol. The van der Waals surface area contributed by atoms with Crippen LogP contribution in [-0.2, 0) is 10.3 Å². The van der Waals surface area contributed by atoms with Gasteiger partial charge in [0.1, 0.15) is 0 Å². The van der Waals surface area contributed by atoms with Crippen molar-refractivity contribution in [3.05, 3.63) is 81.3 Å². The number of rotatable bonds is 4. The highest BCUT2D eigenvalue weighted by Gasteiger charge is 2.51. The Morgan fingerprint density at radius 3 is 1.92 bits per heavy atom. The number of halogens is 2. The molecule has 2 aromatic rings. The second-order valence-corrected chi connectivity index (χ2v) is 7.62. The maximum atomic E-state index is 13.3. The van der Waals surface area contributed by atoms with Crippen LogP contribution in [0.5, 0.6) is 0 Å². The molecule has 0 saturated carbocycles. The van der Waals surface area contributed by atoms with E-state index in [0.29, 0.717) is 11.7 Å². The first-order valence-corrected chi connectivity index (χ1v) is 9.25. The van der Waals surface area contributed by atoms with Crippen molar-refractivity contribution in [2.75, 3.05) is 6.54 Å². The lowest BCUT2D eigenvalue weighted by molar-refractivity contribution is -0.129. The number of thiocarbonyl (C=S) groups is 1. The smallest absolute Gasteiger partial charge is 0.264 e. The topological polar surface area (TPSA) is 32.3 Å². The largest absolute Gasteiger partial charge is 0.341 e. The van der Waals surface area contributed by atoms with Crippen molar-refractivity contribution in [2.24, 2.45) is 0 Å². The Kier molecular flexibility index (Phi) is 4.90. The van der Waals surface area contributed by atoms with Crippen molar-refractivity contribution >= 4 is 55.1 Å². The summed E-state index contributed by atoms with van der Waals surface area (Å²) in [5.41, 5.74) is 0.653. The van der Waals surface area contributed by atoms with E-state index < -0.39 is 5.54 Å². The van der Waals surface area contributed by atoms with Crippen molar-refractivity contribution in [1.82, 2.24) is 10.2 Å². The van der Waals surface area contributed by atoms with Crippen LogP contribution in [0.1, 0.15) is 11.1 Å².